The van der Waals surface area contributed by atoms with Crippen LogP contribution in [-0.2, 0) is 21.4 Å². The number of terminal acetylenes is 1. The second kappa shape index (κ2) is 17.8. The van der Waals surface area contributed by atoms with Gasteiger partial charge in [0, 0.05) is 92.1 Å². The Morgan fingerprint density at radius 3 is 2.45 bits per heavy atom. The van der Waals surface area contributed by atoms with Gasteiger partial charge in [0.15, 0.2) is 5.82 Å². The minimum absolute atomic E-state index is 0.0142. The van der Waals surface area contributed by atoms with Crippen molar-refractivity contribution in [2.45, 2.75) is 88.1 Å². The van der Waals surface area contributed by atoms with Crippen molar-refractivity contribution in [2.75, 3.05) is 57.3 Å². The van der Waals surface area contributed by atoms with Gasteiger partial charge in [-0.3, -0.25) is 29.4 Å². The number of hydrogen-bond acceptors (Lipinski definition) is 12. The number of nitrogens with zero attached hydrogens (tertiary/aromatic N) is 8. The number of rotatable bonds is 10. The summed E-state index contributed by atoms with van der Waals surface area (Å²) in [5.41, 5.74) is 2.77. The van der Waals surface area contributed by atoms with Crippen molar-refractivity contribution in [3.05, 3.63) is 77.1 Å². The van der Waals surface area contributed by atoms with Gasteiger partial charge < -0.3 is 29.9 Å². The van der Waals surface area contributed by atoms with Gasteiger partial charge in [-0.25, -0.2) is 8.78 Å². The number of phenols is 1. The molecule has 0 spiro atoms. The van der Waals surface area contributed by atoms with Crippen molar-refractivity contribution in [1.82, 2.24) is 45.2 Å². The zero-order valence-electron chi connectivity index (χ0n) is 39.7. The maximum absolute atomic E-state index is 17.1. The Labute approximate surface area is 409 Å². The minimum atomic E-state index is -0.748. The largest absolute Gasteiger partial charge is 0.508 e. The number of phenolic OH excluding ortho intramolecular Hbond substituents is 1. The van der Waals surface area contributed by atoms with E-state index in [9.17, 15) is 19.5 Å². The van der Waals surface area contributed by atoms with Gasteiger partial charge in [0.25, 0.3) is 0 Å². The fraction of sp³-hybridized carbons (Fsp3) is 0.463. The summed E-state index contributed by atoms with van der Waals surface area (Å²) in [7, 11) is 1.89. The van der Waals surface area contributed by atoms with E-state index in [4.69, 9.17) is 26.2 Å². The Bertz CT molecular complexity index is 3190. The number of fused-ring (bicyclic) bond motifs is 5. The van der Waals surface area contributed by atoms with Crippen LogP contribution in [0, 0.1) is 35.3 Å². The van der Waals surface area contributed by atoms with Crippen molar-refractivity contribution in [3.8, 4) is 35.4 Å². The van der Waals surface area contributed by atoms with Crippen LogP contribution in [0.3, 0.4) is 0 Å². The number of piperidine rings is 3. The highest BCUT2D eigenvalue weighted by atomic mass is 19.1. The summed E-state index contributed by atoms with van der Waals surface area (Å²) < 4.78 is 40.5. The number of hydrogen-bond donors (Lipinski definition) is 3. The van der Waals surface area contributed by atoms with Gasteiger partial charge in [0.1, 0.15) is 28.6 Å². The lowest BCUT2D eigenvalue weighted by Gasteiger charge is -2.38. The van der Waals surface area contributed by atoms with E-state index in [1.807, 2.05) is 11.7 Å². The molecule has 5 saturated heterocycles. The number of piperazine rings is 1. The number of carbonyl (C=O) groups is 3. The summed E-state index contributed by atoms with van der Waals surface area (Å²) in [5, 5.41) is 23.6. The van der Waals surface area contributed by atoms with E-state index in [2.05, 4.69) is 54.4 Å². The fourth-order valence-corrected chi connectivity index (χ4v) is 12.3. The van der Waals surface area contributed by atoms with Gasteiger partial charge in [0.2, 0.25) is 17.7 Å². The predicted octanol–water partition coefficient (Wildman–Crippen LogP) is 6.43. The highest BCUT2D eigenvalue weighted by molar-refractivity contribution is 6.04. The molecule has 3 unspecified atom stereocenters. The van der Waals surface area contributed by atoms with Crippen LogP contribution in [0.2, 0.25) is 0 Å². The summed E-state index contributed by atoms with van der Waals surface area (Å²) in [6, 6.07) is 12.5. The van der Waals surface area contributed by atoms with Crippen LogP contribution in [0.15, 0.2) is 48.7 Å². The molecule has 2 bridgehead atoms. The minimum Gasteiger partial charge on any atom is -0.508 e. The number of ether oxygens (including phenoxy) is 1. The van der Waals surface area contributed by atoms with E-state index in [0.29, 0.717) is 73.8 Å². The van der Waals surface area contributed by atoms with Gasteiger partial charge in [-0.05, 0) is 112 Å². The fourth-order valence-electron chi connectivity index (χ4n) is 12.3. The van der Waals surface area contributed by atoms with E-state index < -0.39 is 17.6 Å². The molecule has 0 radical (unpaired) electrons. The first-order valence-corrected chi connectivity index (χ1v) is 25.1. The monoisotopic (exact) mass is 962 g/mol. The van der Waals surface area contributed by atoms with E-state index in [1.165, 1.54) is 29.8 Å². The van der Waals surface area contributed by atoms with Crippen molar-refractivity contribution < 1.29 is 33.0 Å². The number of nitrogens with one attached hydrogen (secondary N) is 2. The zero-order chi connectivity index (χ0) is 48.7. The molecule has 3 amide bonds. The van der Waals surface area contributed by atoms with Crippen LogP contribution >= 0.6 is 0 Å². The lowest BCUT2D eigenvalue weighted by Crippen LogP contribution is -2.51. The Kier molecular flexibility index (Phi) is 11.4. The second-order valence-corrected chi connectivity index (χ2v) is 20.9. The number of carbonyl (C=O) groups excluding carboxylic acids is 3. The average Bonchev–Trinajstić information content (AvgIpc) is 3.95. The molecule has 12 rings (SSSR count). The second-order valence-electron chi connectivity index (χ2n) is 20.9. The number of anilines is 1. The summed E-state index contributed by atoms with van der Waals surface area (Å²) in [5.74, 6) is 1.00. The number of likely N-dealkylation sites (tertiary alicyclic amines) is 2. The molecule has 3 aromatic heterocycles. The molecule has 3 aromatic carbocycles. The third-order valence-electron chi connectivity index (χ3n) is 16.3. The normalized spacial score (nSPS) is 22.9. The molecule has 1 aliphatic carbocycles. The van der Waals surface area contributed by atoms with Crippen molar-refractivity contribution >= 4 is 56.1 Å². The number of aromatic nitrogens is 5. The first-order valence-electron chi connectivity index (χ1n) is 25.1. The van der Waals surface area contributed by atoms with Gasteiger partial charge >= 0.3 is 6.01 Å². The third kappa shape index (κ3) is 8.38. The first kappa shape index (κ1) is 45.4. The summed E-state index contributed by atoms with van der Waals surface area (Å²) in [4.78, 5) is 59.2. The molecular formula is C54H56F2N10O5. The van der Waals surface area contributed by atoms with Crippen LogP contribution in [0.25, 0.3) is 43.8 Å². The molecule has 8 heterocycles. The highest BCUT2D eigenvalue weighted by Crippen LogP contribution is 2.48. The Morgan fingerprint density at radius 1 is 0.944 bits per heavy atom. The van der Waals surface area contributed by atoms with Crippen LogP contribution < -0.4 is 20.3 Å². The lowest BCUT2D eigenvalue weighted by atomic mass is 9.87. The number of aromatic hydroxyl groups is 1. The summed E-state index contributed by atoms with van der Waals surface area (Å²) >= 11 is 0. The van der Waals surface area contributed by atoms with E-state index in [-0.39, 0.29) is 80.6 Å². The van der Waals surface area contributed by atoms with Crippen LogP contribution in [0.4, 0.5) is 14.6 Å². The number of benzene rings is 3. The molecule has 1 saturated carbocycles. The molecule has 6 aliphatic rings. The molecular weight excluding hydrogens is 907 g/mol. The number of imide groups is 1. The molecule has 6 fully saturated rings. The van der Waals surface area contributed by atoms with Gasteiger partial charge in [-0.15, -0.1) is 6.42 Å². The topological polar surface area (TPSA) is 171 Å². The Balaban J connectivity index is 0.702. The molecule has 71 heavy (non-hydrogen) atoms. The van der Waals surface area contributed by atoms with Gasteiger partial charge in [0.05, 0.1) is 34.7 Å². The van der Waals surface area contributed by atoms with Crippen molar-refractivity contribution in [2.24, 2.45) is 18.4 Å². The number of aryl methyl sites for hydroxylation is 1. The zero-order valence-corrected chi connectivity index (χ0v) is 39.7. The first-order chi connectivity index (χ1) is 34.4. The number of amides is 3. The lowest BCUT2D eigenvalue weighted by molar-refractivity contribution is -0.138. The molecule has 6 aromatic rings. The quantitative estimate of drug-likeness (QED) is 0.102. The Hall–Kier alpha value is -6.77. The summed E-state index contributed by atoms with van der Waals surface area (Å²) in [6.45, 7) is 5.61. The van der Waals surface area contributed by atoms with Gasteiger partial charge in [-0.2, -0.15) is 15.1 Å². The number of halogens is 2. The molecule has 17 heteroatoms. The summed E-state index contributed by atoms with van der Waals surface area (Å²) in [6.07, 6.45) is 15.5. The van der Waals surface area contributed by atoms with Crippen LogP contribution in [-0.4, -0.2) is 122 Å². The van der Waals surface area contributed by atoms with Crippen molar-refractivity contribution in [3.63, 3.8) is 0 Å². The molecule has 366 valence electrons. The van der Waals surface area contributed by atoms with Crippen LogP contribution in [0.1, 0.15) is 92.9 Å². The van der Waals surface area contributed by atoms with Crippen molar-refractivity contribution in [1.29, 1.82) is 0 Å². The molecule has 3 N–H and O–H groups in total. The predicted molar refractivity (Wildman–Crippen MR) is 263 cm³/mol. The molecule has 15 nitrogen and oxygen atoms in total. The third-order valence-corrected chi connectivity index (χ3v) is 16.3. The van der Waals surface area contributed by atoms with E-state index in [0.717, 1.165) is 81.9 Å². The average molecular weight is 963 g/mol. The van der Waals surface area contributed by atoms with E-state index >= 15 is 8.78 Å². The highest BCUT2D eigenvalue weighted by Gasteiger charge is 2.46. The van der Waals surface area contributed by atoms with E-state index in [1.54, 1.807) is 6.20 Å². The Morgan fingerprint density at radius 2 is 1.72 bits per heavy atom. The maximum atomic E-state index is 17.1. The SMILES string of the molecule is C#Cc1c(F)ccc2cc(O)cc(-c3ncc4c(N5CC6CCC(C5)N6)nc(OCC5(CN6CCC(C(=O)N7CCC(c8ccc9c(C%10CCC(=O)NC%10=O)nn(C)c9c8)CC7)CC6)CC5)nc4c3F)c12. The standard InChI is InChI=1S/C54H56F2N10O5/c1-3-37-42(55)10-5-33-22-36(67)24-40(45(33)37)48-46(56)49-41(25-57-48)50(66-26-34-6-7-35(27-66)58-34)61-53(60-49)71-29-54(16-17-54)28-64-18-12-31(13-19-64)52(70)65-20-14-30(15-21-65)32-4-8-38-43(23-32)63(2)62-47(38)39-9-11-44(68)59-51(39)69/h1,4-5,8,10,22-25,30-31,34-35,39,58,67H,6-7,9,11-21,26-29H2,2H3,(H,59,68,69). The van der Waals surface area contributed by atoms with Gasteiger partial charge in [-0.1, -0.05) is 24.1 Å². The van der Waals surface area contributed by atoms with Crippen LogP contribution in [0.5, 0.6) is 11.8 Å². The smallest absolute Gasteiger partial charge is 0.319 e. The molecule has 3 atom stereocenters. The maximum Gasteiger partial charge on any atom is 0.319 e. The number of pyridine rings is 1. The molecule has 5 aliphatic heterocycles.